The fourth-order valence-electron chi connectivity index (χ4n) is 1.30. The highest BCUT2D eigenvalue weighted by molar-refractivity contribution is 5.71. The molecule has 1 aliphatic heterocycles. The van der Waals surface area contributed by atoms with E-state index in [1.807, 2.05) is 0 Å². The predicted octanol–water partition coefficient (Wildman–Crippen LogP) is 2.15. The second-order valence-electron chi connectivity index (χ2n) is 3.73. The van der Waals surface area contributed by atoms with Crippen molar-refractivity contribution in [3.05, 3.63) is 36.2 Å². The Labute approximate surface area is 106 Å². The number of benzene rings is 1. The van der Waals surface area contributed by atoms with Crippen LogP contribution in [0.4, 0.5) is 24.5 Å². The highest BCUT2D eigenvalue weighted by Crippen LogP contribution is 2.19. The van der Waals surface area contributed by atoms with Crippen LogP contribution in [0.5, 0.6) is 0 Å². The van der Waals surface area contributed by atoms with Crippen LogP contribution in [0.25, 0.3) is 0 Å². The third-order valence-electron chi connectivity index (χ3n) is 2.18. The molecule has 0 radical (unpaired) electrons. The molecule has 0 spiro atoms. The quantitative estimate of drug-likeness (QED) is 0.639. The van der Waals surface area contributed by atoms with Crippen LogP contribution >= 0.6 is 0 Å². The van der Waals surface area contributed by atoms with Gasteiger partial charge in [0.15, 0.2) is 0 Å². The number of anilines is 1. The molecule has 3 N–H and O–H groups in total. The van der Waals surface area contributed by atoms with Crippen LogP contribution in [0, 0.1) is 0 Å². The molecule has 5 nitrogen and oxygen atoms in total. The van der Waals surface area contributed by atoms with Crippen LogP contribution in [0.3, 0.4) is 0 Å². The fraction of sp³-hybridized carbons (Fsp3) is 0.182. The van der Waals surface area contributed by atoms with E-state index in [-0.39, 0.29) is 0 Å². The Morgan fingerprint density at radius 3 is 2.47 bits per heavy atom. The zero-order valence-electron chi connectivity index (χ0n) is 9.72. The van der Waals surface area contributed by atoms with Crippen molar-refractivity contribution in [1.29, 1.82) is 0 Å². The van der Waals surface area contributed by atoms with Crippen LogP contribution in [0.15, 0.2) is 51.5 Å². The van der Waals surface area contributed by atoms with Crippen molar-refractivity contribution in [3.8, 4) is 0 Å². The van der Waals surface area contributed by atoms with Gasteiger partial charge in [0.2, 0.25) is 0 Å². The topological polar surface area (TPSA) is 65.7 Å². The van der Waals surface area contributed by atoms with Crippen molar-refractivity contribution in [2.75, 3.05) is 11.9 Å². The number of nitrogens with two attached hydrogens (primary N) is 1. The molecular weight excluding hydrogens is 259 g/mol. The Hall–Kier alpha value is -2.22. The summed E-state index contributed by atoms with van der Waals surface area (Å²) in [5.74, 6) is 0.624. The van der Waals surface area contributed by atoms with Gasteiger partial charge in [0.25, 0.3) is 5.82 Å². The maximum atomic E-state index is 12.0. The zero-order chi connectivity index (χ0) is 13.7. The summed E-state index contributed by atoms with van der Waals surface area (Å²) < 4.78 is 36.0. The maximum absolute atomic E-state index is 12.0. The lowest BCUT2D eigenvalue weighted by atomic mass is 10.3. The molecule has 0 aliphatic carbocycles. The number of hydrogen-bond acceptors (Lipinski definition) is 4. The molecule has 0 bridgehead atoms. The van der Waals surface area contributed by atoms with Crippen molar-refractivity contribution in [2.24, 2.45) is 15.3 Å². The van der Waals surface area contributed by atoms with Crippen molar-refractivity contribution >= 4 is 17.6 Å². The maximum Gasteiger partial charge on any atom is 0.405 e. The van der Waals surface area contributed by atoms with Gasteiger partial charge in [-0.05, 0) is 24.3 Å². The van der Waals surface area contributed by atoms with Crippen LogP contribution < -0.4 is 10.7 Å². The van der Waals surface area contributed by atoms with Crippen molar-refractivity contribution < 1.29 is 18.6 Å². The first kappa shape index (κ1) is 13.2. The molecular formula is C11H11F3N5+. The summed E-state index contributed by atoms with van der Waals surface area (Å²) in [4.78, 5) is 0. The van der Waals surface area contributed by atoms with Crippen molar-refractivity contribution in [3.63, 3.8) is 0 Å². The van der Waals surface area contributed by atoms with Crippen LogP contribution in [0.2, 0.25) is 0 Å². The number of allylic oxidation sites excluding steroid dienone is 1. The molecule has 19 heavy (non-hydrogen) atoms. The molecule has 0 saturated carbocycles. The van der Waals surface area contributed by atoms with Crippen LogP contribution in [-0.4, -0.2) is 18.9 Å². The summed E-state index contributed by atoms with van der Waals surface area (Å²) in [6.07, 6.45) is -0.940. The Morgan fingerprint density at radius 2 is 1.89 bits per heavy atom. The van der Waals surface area contributed by atoms with E-state index in [0.29, 0.717) is 17.2 Å². The standard InChI is InChI=1S/C11H10F3N5/c12-11(13,14)7-15-8-1-3-9(4-2-8)17-19-10-5-6-16-18-10/h1-6,15H,7H2,(H,16,18)/p+1. The summed E-state index contributed by atoms with van der Waals surface area (Å²) in [5, 5.41) is 13.9. The lowest BCUT2D eigenvalue weighted by Gasteiger charge is -2.09. The minimum absolute atomic E-state index is 0.381. The summed E-state index contributed by atoms with van der Waals surface area (Å²) >= 11 is 0. The average molecular weight is 270 g/mol. The number of hydrogen-bond donors (Lipinski definition) is 2. The number of halogens is 3. The first-order valence-corrected chi connectivity index (χ1v) is 5.42. The third kappa shape index (κ3) is 4.51. The van der Waals surface area contributed by atoms with Gasteiger partial charge in [0, 0.05) is 11.8 Å². The van der Waals surface area contributed by atoms with E-state index in [9.17, 15) is 13.2 Å². The van der Waals surface area contributed by atoms with E-state index in [1.165, 1.54) is 12.1 Å². The van der Waals surface area contributed by atoms with Crippen LogP contribution in [-0.2, 0) is 0 Å². The molecule has 1 aromatic carbocycles. The molecule has 1 heterocycles. The Morgan fingerprint density at radius 1 is 1.16 bits per heavy atom. The molecule has 0 aromatic heterocycles. The predicted molar refractivity (Wildman–Crippen MR) is 64.0 cm³/mol. The number of rotatable bonds is 4. The molecule has 8 heteroatoms. The second-order valence-corrected chi connectivity index (χ2v) is 3.73. The summed E-state index contributed by atoms with van der Waals surface area (Å²) in [5.41, 5.74) is 2.49. The molecule has 100 valence electrons. The van der Waals surface area contributed by atoms with E-state index < -0.39 is 12.7 Å². The second kappa shape index (κ2) is 5.61. The number of nitrogens with one attached hydrogen (secondary N) is 1. The third-order valence-corrected chi connectivity index (χ3v) is 2.18. The lowest BCUT2D eigenvalue weighted by Crippen LogP contribution is -2.73. The smallest absolute Gasteiger partial charge is 0.376 e. The Balaban J connectivity index is 1.91. The first-order chi connectivity index (χ1) is 9.03. The Kier molecular flexibility index (Phi) is 3.91. The van der Waals surface area contributed by atoms with Gasteiger partial charge in [0.05, 0.1) is 11.9 Å². The average Bonchev–Trinajstić information content (AvgIpc) is 2.87. The van der Waals surface area contributed by atoms with E-state index in [4.69, 9.17) is 0 Å². The van der Waals surface area contributed by atoms with Gasteiger partial charge in [-0.3, -0.25) is 0 Å². The van der Waals surface area contributed by atoms with E-state index in [2.05, 4.69) is 20.6 Å². The summed E-state index contributed by atoms with van der Waals surface area (Å²) in [6.45, 7) is -1.06. The summed E-state index contributed by atoms with van der Waals surface area (Å²) in [7, 11) is 0. The van der Waals surface area contributed by atoms with Gasteiger partial charge >= 0.3 is 6.18 Å². The Bertz CT molecular complexity index is 516. The molecule has 0 atom stereocenters. The minimum atomic E-state index is -4.23. The largest absolute Gasteiger partial charge is 0.405 e. The van der Waals surface area contributed by atoms with Gasteiger partial charge in [-0.1, -0.05) is 10.2 Å². The zero-order valence-corrected chi connectivity index (χ0v) is 9.72. The van der Waals surface area contributed by atoms with Crippen molar-refractivity contribution in [2.45, 2.75) is 6.18 Å². The fourth-order valence-corrected chi connectivity index (χ4v) is 1.30. The van der Waals surface area contributed by atoms with Gasteiger partial charge in [-0.15, -0.1) is 5.11 Å². The van der Waals surface area contributed by atoms with E-state index in [1.54, 1.807) is 29.8 Å². The number of azo groups is 1. The van der Waals surface area contributed by atoms with Crippen molar-refractivity contribution in [1.82, 2.24) is 0 Å². The van der Waals surface area contributed by atoms with Gasteiger partial charge in [-0.25, -0.2) is 0 Å². The molecule has 1 aliphatic rings. The molecule has 0 saturated heterocycles. The SMILES string of the molecule is FC(F)(F)CNc1ccc(N=NC2=CC=N[NH2+]2)cc1. The molecule has 2 rings (SSSR count). The molecule has 0 amide bonds. The molecule has 0 unspecified atom stereocenters. The normalized spacial score (nSPS) is 15.0. The van der Waals surface area contributed by atoms with Gasteiger partial charge in [-0.2, -0.15) is 18.6 Å². The van der Waals surface area contributed by atoms with Crippen LogP contribution in [0.1, 0.15) is 0 Å². The molecule has 0 fully saturated rings. The monoisotopic (exact) mass is 270 g/mol. The minimum Gasteiger partial charge on any atom is -0.376 e. The number of quaternary nitrogens is 1. The number of nitrogens with zero attached hydrogens (tertiary/aromatic N) is 3. The summed E-state index contributed by atoms with van der Waals surface area (Å²) in [6, 6.07) is 6.20. The van der Waals surface area contributed by atoms with E-state index in [0.717, 1.165) is 0 Å². The van der Waals surface area contributed by atoms with E-state index >= 15 is 0 Å². The highest BCUT2D eigenvalue weighted by Gasteiger charge is 2.26. The molecule has 1 aromatic rings. The highest BCUT2D eigenvalue weighted by atomic mass is 19.4. The first-order valence-electron chi connectivity index (χ1n) is 5.42. The number of alkyl halides is 3. The van der Waals surface area contributed by atoms with Gasteiger partial charge < -0.3 is 5.32 Å². The van der Waals surface area contributed by atoms with Gasteiger partial charge in [0.1, 0.15) is 6.54 Å². The lowest BCUT2D eigenvalue weighted by molar-refractivity contribution is -0.609.